The van der Waals surface area contributed by atoms with Gasteiger partial charge in [0, 0.05) is 31.9 Å². The van der Waals surface area contributed by atoms with Gasteiger partial charge in [-0.05, 0) is 42.9 Å². The summed E-state index contributed by atoms with van der Waals surface area (Å²) in [6, 6.07) is 12.8. The zero-order chi connectivity index (χ0) is 18.2. The van der Waals surface area contributed by atoms with Crippen LogP contribution in [0.15, 0.2) is 54.9 Å². The third-order valence-corrected chi connectivity index (χ3v) is 4.70. The van der Waals surface area contributed by atoms with E-state index in [9.17, 15) is 9.59 Å². The smallest absolute Gasteiger partial charge is 0.249 e. The van der Waals surface area contributed by atoms with Crippen LogP contribution in [0.25, 0.3) is 0 Å². The lowest BCUT2D eigenvalue weighted by molar-refractivity contribution is -0.135. The van der Waals surface area contributed by atoms with E-state index in [4.69, 9.17) is 0 Å². The molecule has 1 aliphatic heterocycles. The number of carbonyl (C=O) groups is 2. The molecule has 1 fully saturated rings. The summed E-state index contributed by atoms with van der Waals surface area (Å²) in [6.45, 7) is 1.55. The first kappa shape index (κ1) is 18.1. The van der Waals surface area contributed by atoms with E-state index >= 15 is 0 Å². The molecule has 0 bridgehead atoms. The molecule has 1 saturated heterocycles. The van der Waals surface area contributed by atoms with Crippen molar-refractivity contribution in [3.8, 4) is 0 Å². The summed E-state index contributed by atoms with van der Waals surface area (Å²) < 4.78 is 0. The van der Waals surface area contributed by atoms with Crippen molar-refractivity contribution < 1.29 is 9.59 Å². The first-order valence-corrected chi connectivity index (χ1v) is 9.26. The number of hydrogen-bond acceptors (Lipinski definition) is 3. The van der Waals surface area contributed by atoms with Gasteiger partial charge in [0.15, 0.2) is 0 Å². The predicted molar refractivity (Wildman–Crippen MR) is 100 cm³/mol. The lowest BCUT2D eigenvalue weighted by atomic mass is 10.0. The molecule has 0 aliphatic carbocycles. The van der Waals surface area contributed by atoms with Crippen LogP contribution in [0.5, 0.6) is 0 Å². The Bertz CT molecular complexity index is 713. The first-order chi connectivity index (χ1) is 12.7. The highest BCUT2D eigenvalue weighted by atomic mass is 16.2. The third kappa shape index (κ3) is 4.91. The van der Waals surface area contributed by atoms with E-state index in [1.165, 1.54) is 0 Å². The van der Waals surface area contributed by atoms with Crippen LogP contribution in [-0.2, 0) is 16.0 Å². The highest BCUT2D eigenvalue weighted by Gasteiger charge is 2.28. The summed E-state index contributed by atoms with van der Waals surface area (Å²) in [5.74, 6) is -0.0930. The maximum atomic E-state index is 12.9. The van der Waals surface area contributed by atoms with Crippen LogP contribution < -0.4 is 5.32 Å². The normalized spacial score (nSPS) is 14.8. The Balaban J connectivity index is 1.59. The molecule has 5 heteroatoms. The molecular formula is C21H25N3O2. The molecular weight excluding hydrogens is 326 g/mol. The fraction of sp³-hybridized carbons (Fsp3) is 0.381. The van der Waals surface area contributed by atoms with Crippen molar-refractivity contribution in [1.29, 1.82) is 0 Å². The Labute approximate surface area is 154 Å². The molecule has 0 spiro atoms. The van der Waals surface area contributed by atoms with Crippen molar-refractivity contribution in [2.45, 2.75) is 38.1 Å². The molecule has 1 aliphatic rings. The average molecular weight is 351 g/mol. The van der Waals surface area contributed by atoms with Gasteiger partial charge in [-0.3, -0.25) is 14.6 Å². The monoisotopic (exact) mass is 351 g/mol. The number of benzene rings is 1. The fourth-order valence-electron chi connectivity index (χ4n) is 3.29. The second-order valence-electron chi connectivity index (χ2n) is 6.66. The fourth-order valence-corrected chi connectivity index (χ4v) is 3.29. The van der Waals surface area contributed by atoms with Crippen LogP contribution in [0, 0.1) is 0 Å². The minimum absolute atomic E-state index is 0.00527. The predicted octanol–water partition coefficient (Wildman–Crippen LogP) is 2.88. The van der Waals surface area contributed by atoms with Crippen LogP contribution in [0.4, 0.5) is 0 Å². The number of carbonyl (C=O) groups excluding carboxylic acids is 2. The van der Waals surface area contributed by atoms with Gasteiger partial charge in [0.2, 0.25) is 11.8 Å². The molecule has 3 rings (SSSR count). The highest BCUT2D eigenvalue weighted by molar-refractivity contribution is 5.88. The van der Waals surface area contributed by atoms with Crippen molar-refractivity contribution in [3.63, 3.8) is 0 Å². The van der Waals surface area contributed by atoms with Crippen LogP contribution >= 0.6 is 0 Å². The number of aryl methyl sites for hydroxylation is 1. The number of hydrogen-bond donors (Lipinski definition) is 1. The number of amides is 2. The van der Waals surface area contributed by atoms with Gasteiger partial charge in [0.25, 0.3) is 0 Å². The lowest BCUT2D eigenvalue weighted by Gasteiger charge is -2.24. The number of pyridine rings is 1. The van der Waals surface area contributed by atoms with Gasteiger partial charge >= 0.3 is 0 Å². The van der Waals surface area contributed by atoms with Crippen LogP contribution in [0.1, 0.15) is 42.9 Å². The maximum absolute atomic E-state index is 12.9. The Morgan fingerprint density at radius 1 is 1.08 bits per heavy atom. The van der Waals surface area contributed by atoms with E-state index in [0.717, 1.165) is 49.9 Å². The van der Waals surface area contributed by atoms with Crippen LogP contribution in [0.3, 0.4) is 0 Å². The molecule has 1 atom stereocenters. The molecule has 26 heavy (non-hydrogen) atoms. The Morgan fingerprint density at radius 3 is 2.54 bits per heavy atom. The molecule has 2 amide bonds. The third-order valence-electron chi connectivity index (χ3n) is 4.70. The van der Waals surface area contributed by atoms with Gasteiger partial charge in [-0.15, -0.1) is 0 Å². The van der Waals surface area contributed by atoms with Gasteiger partial charge in [-0.25, -0.2) is 0 Å². The number of rotatable bonds is 7. The molecule has 1 aromatic heterocycles. The van der Waals surface area contributed by atoms with Crippen molar-refractivity contribution >= 4 is 11.8 Å². The summed E-state index contributed by atoms with van der Waals surface area (Å²) in [4.78, 5) is 31.3. The van der Waals surface area contributed by atoms with Crippen LogP contribution in [-0.4, -0.2) is 34.8 Å². The van der Waals surface area contributed by atoms with E-state index in [0.29, 0.717) is 6.42 Å². The first-order valence-electron chi connectivity index (χ1n) is 9.26. The number of aromatic nitrogens is 1. The zero-order valence-electron chi connectivity index (χ0n) is 14.9. The van der Waals surface area contributed by atoms with Crippen LogP contribution in [0.2, 0.25) is 0 Å². The van der Waals surface area contributed by atoms with E-state index in [1.54, 1.807) is 6.20 Å². The molecule has 2 heterocycles. The minimum Gasteiger partial charge on any atom is -0.341 e. The second kappa shape index (κ2) is 9.13. The SMILES string of the molecule is O=C(CCCc1cccnc1)NC(C(=O)N1CCCC1)c1ccccc1. The summed E-state index contributed by atoms with van der Waals surface area (Å²) >= 11 is 0. The molecule has 136 valence electrons. The zero-order valence-corrected chi connectivity index (χ0v) is 14.9. The van der Waals surface area contributed by atoms with E-state index in [1.807, 2.05) is 53.6 Å². The average Bonchev–Trinajstić information content (AvgIpc) is 3.22. The molecule has 5 nitrogen and oxygen atoms in total. The van der Waals surface area contributed by atoms with Gasteiger partial charge in [-0.1, -0.05) is 36.4 Å². The highest BCUT2D eigenvalue weighted by Crippen LogP contribution is 2.19. The van der Waals surface area contributed by atoms with Crippen molar-refractivity contribution in [1.82, 2.24) is 15.2 Å². The largest absolute Gasteiger partial charge is 0.341 e. The summed E-state index contributed by atoms with van der Waals surface area (Å²) in [5, 5.41) is 2.95. The topological polar surface area (TPSA) is 62.3 Å². The lowest BCUT2D eigenvalue weighted by Crippen LogP contribution is -2.41. The van der Waals surface area contributed by atoms with Crippen molar-refractivity contribution in [2.24, 2.45) is 0 Å². The molecule has 1 unspecified atom stereocenters. The summed E-state index contributed by atoms with van der Waals surface area (Å²) in [7, 11) is 0. The van der Waals surface area contributed by atoms with Gasteiger partial charge in [-0.2, -0.15) is 0 Å². The number of likely N-dealkylation sites (tertiary alicyclic amines) is 1. The van der Waals surface area contributed by atoms with Crippen molar-refractivity contribution in [2.75, 3.05) is 13.1 Å². The molecule has 0 saturated carbocycles. The van der Waals surface area contributed by atoms with E-state index < -0.39 is 6.04 Å². The summed E-state index contributed by atoms with van der Waals surface area (Å²) in [5.41, 5.74) is 1.96. The Kier molecular flexibility index (Phi) is 6.36. The Morgan fingerprint density at radius 2 is 1.85 bits per heavy atom. The summed E-state index contributed by atoms with van der Waals surface area (Å²) in [6.07, 6.45) is 7.56. The minimum atomic E-state index is -0.597. The van der Waals surface area contributed by atoms with Gasteiger partial charge in [0.05, 0.1) is 0 Å². The molecule has 1 aromatic carbocycles. The van der Waals surface area contributed by atoms with Gasteiger partial charge < -0.3 is 10.2 Å². The second-order valence-corrected chi connectivity index (χ2v) is 6.66. The molecule has 0 radical (unpaired) electrons. The molecule has 1 N–H and O–H groups in total. The standard InChI is InChI=1S/C21H25N3O2/c25-19(12-6-8-17-9-7-13-22-16-17)23-20(18-10-2-1-3-11-18)21(26)24-14-4-5-15-24/h1-3,7,9-11,13,16,20H,4-6,8,12,14-15H2,(H,23,25). The van der Waals surface area contributed by atoms with E-state index in [-0.39, 0.29) is 11.8 Å². The van der Waals surface area contributed by atoms with Crippen molar-refractivity contribution in [3.05, 3.63) is 66.0 Å². The molecule has 2 aromatic rings. The quantitative estimate of drug-likeness (QED) is 0.834. The maximum Gasteiger partial charge on any atom is 0.249 e. The van der Waals surface area contributed by atoms with E-state index in [2.05, 4.69) is 10.3 Å². The van der Waals surface area contributed by atoms with Gasteiger partial charge in [0.1, 0.15) is 6.04 Å². The number of nitrogens with one attached hydrogen (secondary N) is 1. The Hall–Kier alpha value is -2.69. The number of nitrogens with zero attached hydrogens (tertiary/aromatic N) is 2.